The van der Waals surface area contributed by atoms with E-state index < -0.39 is 0 Å². The second-order valence-electron chi connectivity index (χ2n) is 6.74. The van der Waals surface area contributed by atoms with Gasteiger partial charge in [-0.15, -0.1) is 11.3 Å². The summed E-state index contributed by atoms with van der Waals surface area (Å²) in [5, 5.41) is 1.99. The lowest BCUT2D eigenvalue weighted by molar-refractivity contribution is -0.144. The molecule has 1 aromatic rings. The van der Waals surface area contributed by atoms with Crippen molar-refractivity contribution < 1.29 is 14.4 Å². The molecule has 3 amide bonds. The summed E-state index contributed by atoms with van der Waals surface area (Å²) in [7, 11) is 0. The van der Waals surface area contributed by atoms with Crippen molar-refractivity contribution in [3.05, 3.63) is 22.4 Å². The number of hydrogen-bond acceptors (Lipinski definition) is 4. The summed E-state index contributed by atoms with van der Waals surface area (Å²) in [5.41, 5.74) is 0. The Morgan fingerprint density at radius 1 is 1.00 bits per heavy atom. The summed E-state index contributed by atoms with van der Waals surface area (Å²) in [4.78, 5) is 43.0. The third-order valence-electron chi connectivity index (χ3n) is 5.14. The fraction of sp³-hybridized carbons (Fsp3) is 0.611. The van der Waals surface area contributed by atoms with E-state index in [2.05, 4.69) is 0 Å². The fourth-order valence-corrected chi connectivity index (χ4v) is 4.25. The highest BCUT2D eigenvalue weighted by atomic mass is 32.1. The Balaban J connectivity index is 1.45. The van der Waals surface area contributed by atoms with Gasteiger partial charge < -0.3 is 14.7 Å². The van der Waals surface area contributed by atoms with Crippen LogP contribution in [0.4, 0.5) is 0 Å². The van der Waals surface area contributed by atoms with Crippen LogP contribution >= 0.6 is 11.3 Å². The zero-order chi connectivity index (χ0) is 17.8. The number of piperazine rings is 1. The van der Waals surface area contributed by atoms with Gasteiger partial charge in [0, 0.05) is 57.0 Å². The standard InChI is InChI=1S/C18H25N3O3S/c1-14(22)19-8-10-21(11-9-19)18(24)15-4-6-20(7-5-15)17(23)13-16-3-2-12-25-16/h2-3,12,15H,4-11,13H2,1H3. The highest BCUT2D eigenvalue weighted by Gasteiger charge is 2.31. The predicted molar refractivity (Wildman–Crippen MR) is 96.2 cm³/mol. The van der Waals surface area contributed by atoms with Crippen molar-refractivity contribution in [2.45, 2.75) is 26.2 Å². The van der Waals surface area contributed by atoms with Gasteiger partial charge in [0.2, 0.25) is 17.7 Å². The molecule has 2 aliphatic rings. The van der Waals surface area contributed by atoms with E-state index in [1.165, 1.54) is 0 Å². The number of thiophene rings is 1. The zero-order valence-electron chi connectivity index (χ0n) is 14.6. The summed E-state index contributed by atoms with van der Waals surface area (Å²) in [6.45, 7) is 5.38. The number of hydrogen-bond donors (Lipinski definition) is 0. The first kappa shape index (κ1) is 17.9. The van der Waals surface area contributed by atoms with Gasteiger partial charge in [-0.2, -0.15) is 0 Å². The Kier molecular flexibility index (Phi) is 5.73. The Labute approximate surface area is 152 Å². The maximum Gasteiger partial charge on any atom is 0.227 e. The molecule has 1 aromatic heterocycles. The molecule has 6 nitrogen and oxygen atoms in total. The molecular weight excluding hydrogens is 338 g/mol. The number of nitrogens with zero attached hydrogens (tertiary/aromatic N) is 3. The molecule has 0 bridgehead atoms. The number of carbonyl (C=O) groups excluding carboxylic acids is 3. The van der Waals surface area contributed by atoms with E-state index in [4.69, 9.17) is 0 Å². The molecule has 2 saturated heterocycles. The van der Waals surface area contributed by atoms with Crippen LogP contribution in [-0.4, -0.2) is 71.7 Å². The first-order valence-corrected chi connectivity index (χ1v) is 9.77. The first-order chi connectivity index (χ1) is 12.0. The van der Waals surface area contributed by atoms with Gasteiger partial charge >= 0.3 is 0 Å². The van der Waals surface area contributed by atoms with Gasteiger partial charge in [0.15, 0.2) is 0 Å². The van der Waals surface area contributed by atoms with Gasteiger partial charge in [-0.05, 0) is 24.3 Å². The second kappa shape index (κ2) is 7.99. The van der Waals surface area contributed by atoms with Gasteiger partial charge in [-0.3, -0.25) is 14.4 Å². The molecule has 7 heteroatoms. The quantitative estimate of drug-likeness (QED) is 0.811. The van der Waals surface area contributed by atoms with Crippen molar-refractivity contribution in [2.75, 3.05) is 39.3 Å². The molecule has 2 fully saturated rings. The molecular formula is C18H25N3O3S. The molecule has 0 saturated carbocycles. The second-order valence-corrected chi connectivity index (χ2v) is 7.77. The van der Waals surface area contributed by atoms with Crippen LogP contribution in [0.5, 0.6) is 0 Å². The smallest absolute Gasteiger partial charge is 0.227 e. The molecule has 0 aliphatic carbocycles. The summed E-state index contributed by atoms with van der Waals surface area (Å²) in [6.07, 6.45) is 1.94. The number of rotatable bonds is 3. The van der Waals surface area contributed by atoms with Crippen LogP contribution in [0.25, 0.3) is 0 Å². The lowest BCUT2D eigenvalue weighted by atomic mass is 9.94. The van der Waals surface area contributed by atoms with Crippen molar-refractivity contribution in [2.24, 2.45) is 5.92 Å². The minimum atomic E-state index is 0.00895. The monoisotopic (exact) mass is 363 g/mol. The molecule has 0 N–H and O–H groups in total. The third kappa shape index (κ3) is 4.39. The summed E-state index contributed by atoms with van der Waals surface area (Å²) in [6, 6.07) is 3.95. The van der Waals surface area contributed by atoms with Crippen molar-refractivity contribution in [1.82, 2.24) is 14.7 Å². The van der Waals surface area contributed by atoms with E-state index >= 15 is 0 Å². The van der Waals surface area contributed by atoms with Gasteiger partial charge in [0.05, 0.1) is 6.42 Å². The van der Waals surface area contributed by atoms with E-state index in [1.54, 1.807) is 23.2 Å². The molecule has 0 atom stereocenters. The van der Waals surface area contributed by atoms with E-state index in [0.717, 1.165) is 17.7 Å². The highest BCUT2D eigenvalue weighted by molar-refractivity contribution is 7.10. The molecule has 2 aliphatic heterocycles. The molecule has 0 aromatic carbocycles. The third-order valence-corrected chi connectivity index (χ3v) is 6.02. The average molecular weight is 363 g/mol. The van der Waals surface area contributed by atoms with Crippen LogP contribution in [-0.2, 0) is 20.8 Å². The Hall–Kier alpha value is -1.89. The molecule has 0 spiro atoms. The fourth-order valence-electron chi connectivity index (χ4n) is 3.55. The van der Waals surface area contributed by atoms with E-state index in [-0.39, 0.29) is 23.6 Å². The van der Waals surface area contributed by atoms with Gasteiger partial charge in [0.25, 0.3) is 0 Å². The van der Waals surface area contributed by atoms with E-state index in [1.807, 2.05) is 27.3 Å². The van der Waals surface area contributed by atoms with Crippen molar-refractivity contribution in [3.63, 3.8) is 0 Å². The van der Waals surface area contributed by atoms with Crippen LogP contribution < -0.4 is 0 Å². The molecule has 0 radical (unpaired) electrons. The number of carbonyl (C=O) groups is 3. The number of piperidine rings is 1. The topological polar surface area (TPSA) is 60.9 Å². The Bertz CT molecular complexity index is 616. The molecule has 136 valence electrons. The van der Waals surface area contributed by atoms with Crippen LogP contribution in [0.1, 0.15) is 24.6 Å². The van der Waals surface area contributed by atoms with E-state index in [9.17, 15) is 14.4 Å². The van der Waals surface area contributed by atoms with Gasteiger partial charge in [-0.25, -0.2) is 0 Å². The average Bonchev–Trinajstić information content (AvgIpc) is 3.14. The van der Waals surface area contributed by atoms with E-state index in [0.29, 0.717) is 45.7 Å². The minimum Gasteiger partial charge on any atom is -0.342 e. The SMILES string of the molecule is CC(=O)N1CCN(C(=O)C2CCN(C(=O)Cc3cccs3)CC2)CC1. The lowest BCUT2D eigenvalue weighted by Gasteiger charge is -2.38. The number of likely N-dealkylation sites (tertiary alicyclic amines) is 1. The summed E-state index contributed by atoms with van der Waals surface area (Å²) >= 11 is 1.61. The van der Waals surface area contributed by atoms with Crippen molar-refractivity contribution in [3.8, 4) is 0 Å². The highest BCUT2D eigenvalue weighted by Crippen LogP contribution is 2.22. The maximum atomic E-state index is 12.7. The Morgan fingerprint density at radius 2 is 1.64 bits per heavy atom. The maximum absolute atomic E-state index is 12.7. The minimum absolute atomic E-state index is 0.00895. The van der Waals surface area contributed by atoms with Crippen LogP contribution in [0.2, 0.25) is 0 Å². The zero-order valence-corrected chi connectivity index (χ0v) is 15.5. The summed E-state index contributed by atoms with van der Waals surface area (Å²) < 4.78 is 0. The van der Waals surface area contributed by atoms with Crippen LogP contribution in [0, 0.1) is 5.92 Å². The van der Waals surface area contributed by atoms with Crippen LogP contribution in [0.3, 0.4) is 0 Å². The van der Waals surface area contributed by atoms with Gasteiger partial charge in [0.1, 0.15) is 0 Å². The lowest BCUT2D eigenvalue weighted by Crippen LogP contribution is -2.52. The predicted octanol–water partition coefficient (Wildman–Crippen LogP) is 1.22. The Morgan fingerprint density at radius 3 is 2.20 bits per heavy atom. The molecule has 0 unspecified atom stereocenters. The van der Waals surface area contributed by atoms with Gasteiger partial charge in [-0.1, -0.05) is 6.07 Å². The largest absolute Gasteiger partial charge is 0.342 e. The van der Waals surface area contributed by atoms with Crippen molar-refractivity contribution in [1.29, 1.82) is 0 Å². The molecule has 3 heterocycles. The van der Waals surface area contributed by atoms with Crippen molar-refractivity contribution >= 4 is 29.1 Å². The van der Waals surface area contributed by atoms with Crippen LogP contribution in [0.15, 0.2) is 17.5 Å². The number of amides is 3. The first-order valence-electron chi connectivity index (χ1n) is 8.89. The normalized spacial score (nSPS) is 19.2. The molecule has 25 heavy (non-hydrogen) atoms. The molecule has 3 rings (SSSR count). The summed E-state index contributed by atoms with van der Waals surface area (Å²) in [5.74, 6) is 0.427.